The summed E-state index contributed by atoms with van der Waals surface area (Å²) in [4.78, 5) is 30.2. The van der Waals surface area contributed by atoms with Crippen molar-refractivity contribution < 1.29 is 18.4 Å². The Morgan fingerprint density at radius 1 is 1.15 bits per heavy atom. The van der Waals surface area contributed by atoms with Gasteiger partial charge in [0.15, 0.2) is 0 Å². The molecule has 4 rings (SSSR count). The highest BCUT2D eigenvalue weighted by Gasteiger charge is 2.38. The minimum atomic E-state index is -0.625. The Morgan fingerprint density at radius 2 is 1.93 bits per heavy atom. The first kappa shape index (κ1) is 17.5. The summed E-state index contributed by atoms with van der Waals surface area (Å²) in [6.07, 6.45) is 10.2. The first-order valence-corrected chi connectivity index (χ1v) is 9.20. The van der Waals surface area contributed by atoms with Gasteiger partial charge in [0.25, 0.3) is 5.91 Å². The number of nitrogens with zero attached hydrogens (tertiary/aromatic N) is 2. The van der Waals surface area contributed by atoms with Crippen LogP contribution < -0.4 is 5.32 Å². The first-order valence-electron chi connectivity index (χ1n) is 9.20. The smallest absolute Gasteiger partial charge is 0.329 e. The molecular formula is C20H20FN3O3. The standard InChI is InChI=1S/C20H20FN3O3/c21-18-15(8-5-10-22-18)14-9-11-27-17(14)12-16-19(25)24(20(26)23-16)13-6-3-1-2-4-7-13/h5,8-13H,1-4,6-7H2,(H,23,26). The summed E-state index contributed by atoms with van der Waals surface area (Å²) in [6.45, 7) is 0. The molecule has 2 aromatic heterocycles. The Balaban J connectivity index is 1.62. The molecule has 2 fully saturated rings. The summed E-state index contributed by atoms with van der Waals surface area (Å²) < 4.78 is 19.4. The number of pyridine rings is 1. The summed E-state index contributed by atoms with van der Waals surface area (Å²) in [6, 6.07) is 4.34. The largest absolute Gasteiger partial charge is 0.464 e. The molecule has 1 aliphatic heterocycles. The van der Waals surface area contributed by atoms with Crippen LogP contribution in [0.4, 0.5) is 9.18 Å². The molecule has 7 heteroatoms. The topological polar surface area (TPSA) is 75.4 Å². The third-order valence-corrected chi connectivity index (χ3v) is 5.12. The van der Waals surface area contributed by atoms with Crippen LogP contribution in [0.15, 0.2) is 40.8 Å². The van der Waals surface area contributed by atoms with Crippen molar-refractivity contribution in [1.29, 1.82) is 0 Å². The van der Waals surface area contributed by atoms with Gasteiger partial charge in [0.1, 0.15) is 11.5 Å². The third-order valence-electron chi connectivity index (χ3n) is 5.12. The van der Waals surface area contributed by atoms with Crippen LogP contribution in [0.25, 0.3) is 17.2 Å². The third kappa shape index (κ3) is 3.37. The number of amides is 3. The molecule has 0 aromatic carbocycles. The number of urea groups is 1. The van der Waals surface area contributed by atoms with E-state index in [9.17, 15) is 14.0 Å². The maximum atomic E-state index is 14.0. The van der Waals surface area contributed by atoms with Crippen molar-refractivity contribution >= 4 is 18.0 Å². The highest BCUT2D eigenvalue weighted by atomic mass is 19.1. The Kier molecular flexibility index (Phi) is 4.75. The number of carbonyl (C=O) groups is 2. The van der Waals surface area contributed by atoms with E-state index in [1.54, 1.807) is 18.2 Å². The molecular weight excluding hydrogens is 349 g/mol. The molecule has 3 amide bonds. The van der Waals surface area contributed by atoms with Crippen LogP contribution in [0.1, 0.15) is 44.3 Å². The van der Waals surface area contributed by atoms with Crippen LogP contribution in [0, 0.1) is 5.95 Å². The number of imide groups is 1. The van der Waals surface area contributed by atoms with Gasteiger partial charge in [0.2, 0.25) is 5.95 Å². The van der Waals surface area contributed by atoms with E-state index >= 15 is 0 Å². The Labute approximate surface area is 156 Å². The maximum Gasteiger partial charge on any atom is 0.329 e. The van der Waals surface area contributed by atoms with Crippen molar-refractivity contribution in [3.63, 3.8) is 0 Å². The molecule has 0 spiro atoms. The van der Waals surface area contributed by atoms with E-state index in [2.05, 4.69) is 10.3 Å². The van der Waals surface area contributed by atoms with Crippen molar-refractivity contribution in [3.05, 3.63) is 48.1 Å². The van der Waals surface area contributed by atoms with Crippen molar-refractivity contribution in [3.8, 4) is 11.1 Å². The molecule has 3 heterocycles. The average Bonchev–Trinajstić information content (AvgIpc) is 3.10. The fourth-order valence-corrected chi connectivity index (χ4v) is 3.77. The predicted octanol–water partition coefficient (Wildman–Crippen LogP) is 4.10. The van der Waals surface area contributed by atoms with E-state index in [-0.39, 0.29) is 23.2 Å². The number of hydrogen-bond donors (Lipinski definition) is 1. The number of hydrogen-bond acceptors (Lipinski definition) is 4. The number of nitrogens with one attached hydrogen (secondary N) is 1. The van der Waals surface area contributed by atoms with Crippen molar-refractivity contribution in [2.45, 2.75) is 44.6 Å². The summed E-state index contributed by atoms with van der Waals surface area (Å²) >= 11 is 0. The normalized spacial score (nSPS) is 20.2. The van der Waals surface area contributed by atoms with Gasteiger partial charge in [-0.3, -0.25) is 9.69 Å². The number of furan rings is 1. The minimum Gasteiger partial charge on any atom is -0.464 e. The van der Waals surface area contributed by atoms with Crippen LogP contribution in [0.2, 0.25) is 0 Å². The van der Waals surface area contributed by atoms with E-state index in [0.29, 0.717) is 11.3 Å². The lowest BCUT2D eigenvalue weighted by Crippen LogP contribution is -2.40. The Morgan fingerprint density at radius 3 is 2.67 bits per heavy atom. The van der Waals surface area contributed by atoms with Gasteiger partial charge in [-0.05, 0) is 31.0 Å². The van der Waals surface area contributed by atoms with Gasteiger partial charge < -0.3 is 9.73 Å². The SMILES string of the molecule is O=C1NC(=Cc2occc2-c2cccnc2F)C(=O)N1C1CCCCCC1. The molecule has 0 bridgehead atoms. The molecule has 1 aliphatic carbocycles. The molecule has 0 atom stereocenters. The molecule has 0 unspecified atom stereocenters. The predicted molar refractivity (Wildman–Crippen MR) is 96.7 cm³/mol. The van der Waals surface area contributed by atoms with E-state index < -0.39 is 12.0 Å². The molecule has 0 radical (unpaired) electrons. The van der Waals surface area contributed by atoms with Crippen LogP contribution >= 0.6 is 0 Å². The van der Waals surface area contributed by atoms with E-state index in [4.69, 9.17) is 4.42 Å². The molecule has 1 N–H and O–H groups in total. The second-order valence-electron chi connectivity index (χ2n) is 6.85. The summed E-state index contributed by atoms with van der Waals surface area (Å²) in [5, 5.41) is 2.63. The van der Waals surface area contributed by atoms with Gasteiger partial charge >= 0.3 is 6.03 Å². The lowest BCUT2D eigenvalue weighted by Gasteiger charge is -2.23. The number of aromatic nitrogens is 1. The van der Waals surface area contributed by atoms with Crippen molar-refractivity contribution in [1.82, 2.24) is 15.2 Å². The zero-order chi connectivity index (χ0) is 18.8. The molecule has 27 heavy (non-hydrogen) atoms. The summed E-state index contributed by atoms with van der Waals surface area (Å²) in [5.41, 5.74) is 0.892. The molecule has 1 saturated heterocycles. The molecule has 1 saturated carbocycles. The highest BCUT2D eigenvalue weighted by molar-refractivity contribution is 6.14. The second-order valence-corrected chi connectivity index (χ2v) is 6.85. The molecule has 140 valence electrons. The Hall–Kier alpha value is -2.96. The van der Waals surface area contributed by atoms with Gasteiger partial charge in [-0.15, -0.1) is 0 Å². The highest BCUT2D eigenvalue weighted by Crippen LogP contribution is 2.30. The van der Waals surface area contributed by atoms with Crippen molar-refractivity contribution in [2.75, 3.05) is 0 Å². The minimum absolute atomic E-state index is 0.0715. The van der Waals surface area contributed by atoms with Crippen molar-refractivity contribution in [2.24, 2.45) is 0 Å². The van der Waals surface area contributed by atoms with Gasteiger partial charge in [0, 0.05) is 29.4 Å². The quantitative estimate of drug-likeness (QED) is 0.383. The van der Waals surface area contributed by atoms with Gasteiger partial charge in [-0.25, -0.2) is 9.78 Å². The van der Waals surface area contributed by atoms with Crippen LogP contribution in [-0.4, -0.2) is 27.9 Å². The van der Waals surface area contributed by atoms with E-state index in [1.807, 2.05) is 0 Å². The molecule has 2 aliphatic rings. The average molecular weight is 369 g/mol. The van der Waals surface area contributed by atoms with Crippen LogP contribution in [-0.2, 0) is 4.79 Å². The first-order chi connectivity index (χ1) is 13.1. The van der Waals surface area contributed by atoms with E-state index in [1.165, 1.54) is 23.4 Å². The van der Waals surface area contributed by atoms with Crippen LogP contribution in [0.5, 0.6) is 0 Å². The number of rotatable bonds is 3. The monoisotopic (exact) mass is 369 g/mol. The van der Waals surface area contributed by atoms with Crippen LogP contribution in [0.3, 0.4) is 0 Å². The Bertz CT molecular complexity index is 897. The zero-order valence-electron chi connectivity index (χ0n) is 14.8. The number of carbonyl (C=O) groups excluding carboxylic acids is 2. The number of halogens is 1. The van der Waals surface area contributed by atoms with E-state index in [0.717, 1.165) is 38.5 Å². The lowest BCUT2D eigenvalue weighted by molar-refractivity contribution is -0.124. The van der Waals surface area contributed by atoms with Gasteiger partial charge in [0.05, 0.1) is 6.26 Å². The zero-order valence-corrected chi connectivity index (χ0v) is 14.8. The summed E-state index contributed by atoms with van der Waals surface area (Å²) in [7, 11) is 0. The molecule has 2 aromatic rings. The van der Waals surface area contributed by atoms with Gasteiger partial charge in [-0.1, -0.05) is 25.7 Å². The fourth-order valence-electron chi connectivity index (χ4n) is 3.77. The van der Waals surface area contributed by atoms with Gasteiger partial charge in [-0.2, -0.15) is 4.39 Å². The fraction of sp³-hybridized carbons (Fsp3) is 0.350. The second kappa shape index (κ2) is 7.34. The maximum absolute atomic E-state index is 14.0. The summed E-state index contributed by atoms with van der Waals surface area (Å²) in [5.74, 6) is -0.686. The molecule has 6 nitrogen and oxygen atoms in total. The lowest BCUT2D eigenvalue weighted by atomic mass is 10.1.